The maximum atomic E-state index is 4.75. The van der Waals surface area contributed by atoms with Gasteiger partial charge < -0.3 is 0 Å². The van der Waals surface area contributed by atoms with E-state index < -0.39 is 0 Å². The van der Waals surface area contributed by atoms with Crippen molar-refractivity contribution in [1.29, 1.82) is 0 Å². The number of nitrogens with zero attached hydrogens (tertiary/aromatic N) is 2. The van der Waals surface area contributed by atoms with E-state index in [4.69, 9.17) is 4.98 Å². The Bertz CT molecular complexity index is 365. The van der Waals surface area contributed by atoms with Crippen LogP contribution in [0.3, 0.4) is 0 Å². The minimum atomic E-state index is 0.658. The first-order chi connectivity index (χ1) is 10.4. The van der Waals surface area contributed by atoms with Gasteiger partial charge in [-0.15, -0.1) is 0 Å². The van der Waals surface area contributed by atoms with Gasteiger partial charge in [-0.3, -0.25) is 0 Å². The second-order valence-corrected chi connectivity index (χ2v) is 6.68. The molecule has 0 radical (unpaired) electrons. The Morgan fingerprint density at radius 2 is 1.52 bits per heavy atom. The summed E-state index contributed by atoms with van der Waals surface area (Å²) in [7, 11) is 0. The molecule has 2 unspecified atom stereocenters. The monoisotopic (exact) mass is 288 g/mol. The maximum Gasteiger partial charge on any atom is 0.115 e. The first-order valence-corrected chi connectivity index (χ1v) is 9.16. The molecule has 0 aliphatic heterocycles. The van der Waals surface area contributed by atoms with Gasteiger partial charge in [0, 0.05) is 12.1 Å². The fourth-order valence-corrected chi connectivity index (χ4v) is 3.89. The average Bonchev–Trinajstić information content (AvgIpc) is 2.54. The molecule has 2 atom stereocenters. The molecule has 2 nitrogen and oxygen atoms in total. The Balaban J connectivity index is 2.29. The fraction of sp³-hybridized carbons (Fsp3) is 0.789. The summed E-state index contributed by atoms with van der Waals surface area (Å²) in [6, 6.07) is 0. The normalized spacial score (nSPS) is 24.1. The van der Waals surface area contributed by atoms with Crippen molar-refractivity contribution in [3.8, 4) is 0 Å². The molecule has 0 amide bonds. The molecular weight excluding hydrogens is 256 g/mol. The minimum Gasteiger partial charge on any atom is -0.245 e. The SMILES string of the molecule is CCCC1CCCCCCCC(CCC)c2ncncc21. The Morgan fingerprint density at radius 1 is 0.905 bits per heavy atom. The van der Waals surface area contributed by atoms with E-state index in [0.29, 0.717) is 11.8 Å². The van der Waals surface area contributed by atoms with Gasteiger partial charge in [0.05, 0.1) is 5.69 Å². The van der Waals surface area contributed by atoms with E-state index in [9.17, 15) is 0 Å². The number of rotatable bonds is 4. The van der Waals surface area contributed by atoms with E-state index in [1.165, 1.54) is 81.9 Å². The van der Waals surface area contributed by atoms with Crippen LogP contribution in [0.15, 0.2) is 12.5 Å². The lowest BCUT2D eigenvalue weighted by Crippen LogP contribution is -2.10. The van der Waals surface area contributed by atoms with E-state index in [1.807, 2.05) is 0 Å². The van der Waals surface area contributed by atoms with Crippen molar-refractivity contribution in [3.05, 3.63) is 23.8 Å². The van der Waals surface area contributed by atoms with E-state index in [1.54, 1.807) is 6.33 Å². The van der Waals surface area contributed by atoms with Crippen LogP contribution in [0.2, 0.25) is 0 Å². The first-order valence-electron chi connectivity index (χ1n) is 9.16. The maximum absolute atomic E-state index is 4.75. The molecule has 0 saturated heterocycles. The molecule has 1 aromatic heterocycles. The lowest BCUT2D eigenvalue weighted by molar-refractivity contribution is 0.507. The largest absolute Gasteiger partial charge is 0.245 e. The topological polar surface area (TPSA) is 25.8 Å². The quantitative estimate of drug-likeness (QED) is 0.680. The zero-order valence-electron chi connectivity index (χ0n) is 14.0. The summed E-state index contributed by atoms with van der Waals surface area (Å²) in [5, 5.41) is 0. The highest BCUT2D eigenvalue weighted by atomic mass is 14.8. The van der Waals surface area contributed by atoms with Crippen LogP contribution in [0.4, 0.5) is 0 Å². The second kappa shape index (κ2) is 9.17. The molecule has 1 aliphatic carbocycles. The standard InChI is InChI=1S/C19H32N2/c1-3-10-16-12-8-6-5-7-9-13-17(11-4-2)19-18(16)14-20-15-21-19/h14-17H,3-13H2,1-2H3. The lowest BCUT2D eigenvalue weighted by atomic mass is 9.84. The summed E-state index contributed by atoms with van der Waals surface area (Å²) >= 11 is 0. The summed E-state index contributed by atoms with van der Waals surface area (Å²) in [5.74, 6) is 1.34. The summed E-state index contributed by atoms with van der Waals surface area (Å²) < 4.78 is 0. The Labute approximate surface area is 130 Å². The van der Waals surface area contributed by atoms with Crippen LogP contribution in [0.1, 0.15) is 108 Å². The Kier molecular flexibility index (Phi) is 7.18. The molecule has 0 aromatic carbocycles. The molecule has 1 aliphatic rings. The molecule has 0 spiro atoms. The molecule has 2 rings (SSSR count). The van der Waals surface area contributed by atoms with Gasteiger partial charge in [0.1, 0.15) is 6.33 Å². The Hall–Kier alpha value is -0.920. The van der Waals surface area contributed by atoms with Gasteiger partial charge in [-0.2, -0.15) is 0 Å². The third-order valence-electron chi connectivity index (χ3n) is 4.98. The lowest BCUT2D eigenvalue weighted by Gasteiger charge is -2.23. The molecule has 0 N–H and O–H groups in total. The fourth-order valence-electron chi connectivity index (χ4n) is 3.89. The highest BCUT2D eigenvalue weighted by Gasteiger charge is 2.22. The van der Waals surface area contributed by atoms with Gasteiger partial charge in [-0.25, -0.2) is 9.97 Å². The van der Waals surface area contributed by atoms with Gasteiger partial charge in [0.15, 0.2) is 0 Å². The van der Waals surface area contributed by atoms with Crippen LogP contribution < -0.4 is 0 Å². The minimum absolute atomic E-state index is 0.658. The highest BCUT2D eigenvalue weighted by Crippen LogP contribution is 2.36. The zero-order chi connectivity index (χ0) is 14.9. The summed E-state index contributed by atoms with van der Waals surface area (Å²) in [4.78, 5) is 9.11. The predicted octanol–water partition coefficient (Wildman–Crippen LogP) is 5.99. The van der Waals surface area contributed by atoms with Gasteiger partial charge in [-0.05, 0) is 37.2 Å². The number of aromatic nitrogens is 2. The van der Waals surface area contributed by atoms with Crippen LogP contribution in [0.25, 0.3) is 0 Å². The Morgan fingerprint density at radius 3 is 2.24 bits per heavy atom. The molecule has 2 heteroatoms. The van der Waals surface area contributed by atoms with Crippen molar-refractivity contribution in [2.75, 3.05) is 0 Å². The van der Waals surface area contributed by atoms with E-state index >= 15 is 0 Å². The smallest absolute Gasteiger partial charge is 0.115 e. The van der Waals surface area contributed by atoms with Crippen molar-refractivity contribution < 1.29 is 0 Å². The van der Waals surface area contributed by atoms with Crippen molar-refractivity contribution in [2.45, 2.75) is 96.3 Å². The molecule has 0 fully saturated rings. The third-order valence-corrected chi connectivity index (χ3v) is 4.98. The van der Waals surface area contributed by atoms with Crippen molar-refractivity contribution >= 4 is 0 Å². The predicted molar refractivity (Wildman–Crippen MR) is 89.6 cm³/mol. The van der Waals surface area contributed by atoms with Crippen molar-refractivity contribution in [2.24, 2.45) is 0 Å². The van der Waals surface area contributed by atoms with Crippen LogP contribution in [0, 0.1) is 0 Å². The first kappa shape index (κ1) is 16.5. The van der Waals surface area contributed by atoms with Gasteiger partial charge in [0.2, 0.25) is 0 Å². The number of fused-ring (bicyclic) bond motifs is 1. The van der Waals surface area contributed by atoms with E-state index in [0.717, 1.165) is 0 Å². The number of hydrogen-bond acceptors (Lipinski definition) is 2. The zero-order valence-corrected chi connectivity index (χ0v) is 14.0. The third kappa shape index (κ3) is 4.79. The molecule has 0 saturated carbocycles. The van der Waals surface area contributed by atoms with E-state index in [-0.39, 0.29) is 0 Å². The molecule has 1 aromatic rings. The van der Waals surface area contributed by atoms with E-state index in [2.05, 4.69) is 25.0 Å². The van der Waals surface area contributed by atoms with Crippen molar-refractivity contribution in [1.82, 2.24) is 9.97 Å². The van der Waals surface area contributed by atoms with Gasteiger partial charge in [0.25, 0.3) is 0 Å². The molecule has 1 heterocycles. The highest BCUT2D eigenvalue weighted by molar-refractivity contribution is 5.24. The molecular formula is C19H32N2. The van der Waals surface area contributed by atoms with Crippen molar-refractivity contribution in [3.63, 3.8) is 0 Å². The molecule has 21 heavy (non-hydrogen) atoms. The summed E-state index contributed by atoms with van der Waals surface area (Å²) in [6.07, 6.45) is 18.6. The molecule has 118 valence electrons. The summed E-state index contributed by atoms with van der Waals surface area (Å²) in [6.45, 7) is 4.60. The van der Waals surface area contributed by atoms with Gasteiger partial charge >= 0.3 is 0 Å². The van der Waals surface area contributed by atoms with Gasteiger partial charge in [-0.1, -0.05) is 58.8 Å². The average molecular weight is 288 g/mol. The number of hydrogen-bond donors (Lipinski definition) is 0. The molecule has 0 bridgehead atoms. The second-order valence-electron chi connectivity index (χ2n) is 6.68. The van der Waals surface area contributed by atoms with Crippen LogP contribution >= 0.6 is 0 Å². The van der Waals surface area contributed by atoms with Crippen LogP contribution in [-0.2, 0) is 0 Å². The summed E-state index contributed by atoms with van der Waals surface area (Å²) in [5.41, 5.74) is 2.85. The van der Waals surface area contributed by atoms with Crippen LogP contribution in [0.5, 0.6) is 0 Å². The van der Waals surface area contributed by atoms with Crippen LogP contribution in [-0.4, -0.2) is 9.97 Å².